The molecule has 5 heteroatoms. The standard InChI is InChI=1S/C16H15BrN2OS/c1-11(9-10-18)19(2)16(20)15-8-7-14(21-15)12-3-5-13(17)6-4-12/h3-8,11H,9H2,1-2H3. The lowest BCUT2D eigenvalue weighted by molar-refractivity contribution is 0.0751. The fourth-order valence-corrected chi connectivity index (χ4v) is 3.12. The van der Waals surface area contributed by atoms with Crippen molar-refractivity contribution in [3.8, 4) is 16.5 Å². The predicted molar refractivity (Wildman–Crippen MR) is 89.2 cm³/mol. The third kappa shape index (κ3) is 3.72. The largest absolute Gasteiger partial charge is 0.337 e. The van der Waals surface area contributed by atoms with Gasteiger partial charge in [0.15, 0.2) is 0 Å². The van der Waals surface area contributed by atoms with Gasteiger partial charge in [-0.3, -0.25) is 4.79 Å². The number of rotatable bonds is 4. The maximum atomic E-state index is 12.4. The zero-order chi connectivity index (χ0) is 15.4. The molecule has 0 spiro atoms. The first-order valence-electron chi connectivity index (χ1n) is 6.53. The van der Waals surface area contributed by atoms with Crippen molar-refractivity contribution in [3.05, 3.63) is 45.7 Å². The van der Waals surface area contributed by atoms with Gasteiger partial charge in [-0.15, -0.1) is 11.3 Å². The van der Waals surface area contributed by atoms with Crippen LogP contribution < -0.4 is 0 Å². The fraction of sp³-hybridized carbons (Fsp3) is 0.250. The number of thiophene rings is 1. The van der Waals surface area contributed by atoms with Gasteiger partial charge in [-0.25, -0.2) is 0 Å². The van der Waals surface area contributed by atoms with E-state index in [1.54, 1.807) is 11.9 Å². The molecule has 1 unspecified atom stereocenters. The lowest BCUT2D eigenvalue weighted by Crippen LogP contribution is -2.34. The fourth-order valence-electron chi connectivity index (χ4n) is 1.87. The van der Waals surface area contributed by atoms with E-state index in [4.69, 9.17) is 5.26 Å². The molecule has 0 aliphatic heterocycles. The Morgan fingerprint density at radius 3 is 2.62 bits per heavy atom. The monoisotopic (exact) mass is 362 g/mol. The Balaban J connectivity index is 2.18. The van der Waals surface area contributed by atoms with Crippen molar-refractivity contribution < 1.29 is 4.79 Å². The zero-order valence-electron chi connectivity index (χ0n) is 11.8. The van der Waals surface area contributed by atoms with Crippen LogP contribution in [0.4, 0.5) is 0 Å². The molecule has 0 saturated heterocycles. The van der Waals surface area contributed by atoms with Crippen molar-refractivity contribution in [2.75, 3.05) is 7.05 Å². The molecule has 0 radical (unpaired) electrons. The van der Waals surface area contributed by atoms with Crippen molar-refractivity contribution in [2.45, 2.75) is 19.4 Å². The molecule has 0 N–H and O–H groups in total. The summed E-state index contributed by atoms with van der Waals surface area (Å²) in [5.74, 6) is -0.0360. The van der Waals surface area contributed by atoms with E-state index in [9.17, 15) is 4.79 Å². The molecule has 0 fully saturated rings. The lowest BCUT2D eigenvalue weighted by atomic mass is 10.2. The third-order valence-corrected chi connectivity index (χ3v) is 4.96. The van der Waals surface area contributed by atoms with Crippen LogP contribution in [0.5, 0.6) is 0 Å². The minimum atomic E-state index is -0.0827. The van der Waals surface area contributed by atoms with Crippen LogP contribution >= 0.6 is 27.3 Å². The number of amides is 1. The predicted octanol–water partition coefficient (Wildman–Crippen LogP) is 4.55. The van der Waals surface area contributed by atoms with Gasteiger partial charge < -0.3 is 4.90 Å². The van der Waals surface area contributed by atoms with Crippen molar-refractivity contribution in [1.29, 1.82) is 5.26 Å². The lowest BCUT2D eigenvalue weighted by Gasteiger charge is -2.22. The normalized spacial score (nSPS) is 11.7. The van der Waals surface area contributed by atoms with Crippen LogP contribution in [0.2, 0.25) is 0 Å². The van der Waals surface area contributed by atoms with Crippen LogP contribution in [-0.4, -0.2) is 23.9 Å². The SMILES string of the molecule is CC(CC#N)N(C)C(=O)c1ccc(-c2ccc(Br)cc2)s1. The topological polar surface area (TPSA) is 44.1 Å². The Bertz CT molecular complexity index is 672. The van der Waals surface area contributed by atoms with E-state index in [0.29, 0.717) is 11.3 Å². The molecule has 1 amide bonds. The molecule has 1 heterocycles. The maximum Gasteiger partial charge on any atom is 0.263 e. The van der Waals surface area contributed by atoms with Gasteiger partial charge in [-0.05, 0) is 36.8 Å². The van der Waals surface area contributed by atoms with E-state index in [-0.39, 0.29) is 11.9 Å². The summed E-state index contributed by atoms with van der Waals surface area (Å²) in [6.45, 7) is 1.88. The van der Waals surface area contributed by atoms with Gasteiger partial charge in [-0.2, -0.15) is 5.26 Å². The Morgan fingerprint density at radius 1 is 1.33 bits per heavy atom. The van der Waals surface area contributed by atoms with Gasteiger partial charge in [0.1, 0.15) is 0 Å². The molecule has 0 bridgehead atoms. The summed E-state index contributed by atoms with van der Waals surface area (Å²) in [5.41, 5.74) is 1.09. The van der Waals surface area contributed by atoms with Crippen molar-refractivity contribution >= 4 is 33.2 Å². The summed E-state index contributed by atoms with van der Waals surface area (Å²) >= 11 is 4.89. The number of nitriles is 1. The molecule has 21 heavy (non-hydrogen) atoms. The summed E-state index contributed by atoms with van der Waals surface area (Å²) in [6.07, 6.45) is 0.340. The quantitative estimate of drug-likeness (QED) is 0.800. The average Bonchev–Trinajstić information content (AvgIpc) is 2.96. The first-order chi connectivity index (χ1) is 10.0. The summed E-state index contributed by atoms with van der Waals surface area (Å²) in [4.78, 5) is 15.8. The van der Waals surface area contributed by atoms with Crippen LogP contribution in [0.3, 0.4) is 0 Å². The molecule has 1 aromatic heterocycles. The summed E-state index contributed by atoms with van der Waals surface area (Å²) < 4.78 is 1.03. The molecule has 0 aliphatic carbocycles. The Morgan fingerprint density at radius 2 is 2.00 bits per heavy atom. The minimum Gasteiger partial charge on any atom is -0.337 e. The molecular formula is C16H15BrN2OS. The van der Waals surface area contributed by atoms with Gasteiger partial charge in [0, 0.05) is 22.4 Å². The third-order valence-electron chi connectivity index (χ3n) is 3.31. The maximum absolute atomic E-state index is 12.4. The first kappa shape index (κ1) is 15.7. The summed E-state index contributed by atoms with van der Waals surface area (Å²) in [5, 5.41) is 8.72. The number of benzene rings is 1. The van der Waals surface area contributed by atoms with Crippen molar-refractivity contribution in [3.63, 3.8) is 0 Å². The second-order valence-corrected chi connectivity index (χ2v) is 6.80. The van der Waals surface area contributed by atoms with Crippen molar-refractivity contribution in [2.24, 2.45) is 0 Å². The minimum absolute atomic E-state index is 0.0360. The van der Waals surface area contributed by atoms with Crippen molar-refractivity contribution in [1.82, 2.24) is 4.90 Å². The Kier molecular flexibility index (Phi) is 5.16. The number of nitrogens with zero attached hydrogens (tertiary/aromatic N) is 2. The molecule has 108 valence electrons. The molecule has 2 rings (SSSR count). The van der Waals surface area contributed by atoms with E-state index >= 15 is 0 Å². The van der Waals surface area contributed by atoms with Gasteiger partial charge >= 0.3 is 0 Å². The van der Waals surface area contributed by atoms with Gasteiger partial charge in [0.05, 0.1) is 17.4 Å². The van der Waals surface area contributed by atoms with Crippen LogP contribution in [0.25, 0.3) is 10.4 Å². The number of hydrogen-bond acceptors (Lipinski definition) is 3. The zero-order valence-corrected chi connectivity index (χ0v) is 14.2. The summed E-state index contributed by atoms with van der Waals surface area (Å²) in [6, 6.07) is 13.8. The van der Waals surface area contributed by atoms with E-state index in [2.05, 4.69) is 22.0 Å². The molecule has 1 aromatic carbocycles. The van der Waals surface area contributed by atoms with E-state index < -0.39 is 0 Å². The highest BCUT2D eigenvalue weighted by Gasteiger charge is 2.19. The second-order valence-electron chi connectivity index (χ2n) is 4.80. The number of halogens is 1. The highest BCUT2D eigenvalue weighted by atomic mass is 79.9. The number of hydrogen-bond donors (Lipinski definition) is 0. The smallest absolute Gasteiger partial charge is 0.263 e. The molecule has 3 nitrogen and oxygen atoms in total. The highest BCUT2D eigenvalue weighted by molar-refractivity contribution is 9.10. The van der Waals surface area contributed by atoms with Crippen LogP contribution in [0.1, 0.15) is 23.0 Å². The second kappa shape index (κ2) is 6.88. The van der Waals surface area contributed by atoms with Gasteiger partial charge in [0.25, 0.3) is 5.91 Å². The molecule has 0 saturated carbocycles. The van der Waals surface area contributed by atoms with E-state index in [0.717, 1.165) is 14.9 Å². The van der Waals surface area contributed by atoms with Gasteiger partial charge in [-0.1, -0.05) is 28.1 Å². The molecular weight excluding hydrogens is 348 g/mol. The Hall–Kier alpha value is -1.64. The average molecular weight is 363 g/mol. The van der Waals surface area contributed by atoms with Gasteiger partial charge in [0.2, 0.25) is 0 Å². The summed E-state index contributed by atoms with van der Waals surface area (Å²) in [7, 11) is 1.74. The van der Waals surface area contributed by atoms with E-state index in [1.807, 2.05) is 43.3 Å². The van der Waals surface area contributed by atoms with Crippen LogP contribution in [0, 0.1) is 11.3 Å². The molecule has 1 atom stereocenters. The number of carbonyl (C=O) groups is 1. The highest BCUT2D eigenvalue weighted by Crippen LogP contribution is 2.30. The Labute approximate surface area is 136 Å². The number of carbonyl (C=O) groups excluding carboxylic acids is 1. The van der Waals surface area contributed by atoms with E-state index in [1.165, 1.54) is 11.3 Å². The molecule has 2 aromatic rings. The molecule has 0 aliphatic rings. The van der Waals surface area contributed by atoms with Crippen LogP contribution in [0.15, 0.2) is 40.9 Å². The first-order valence-corrected chi connectivity index (χ1v) is 8.13. The van der Waals surface area contributed by atoms with Crippen LogP contribution in [-0.2, 0) is 0 Å².